The fourth-order valence-electron chi connectivity index (χ4n) is 4.43. The van der Waals surface area contributed by atoms with Crippen LogP contribution in [0.25, 0.3) is 0 Å². The number of anilines is 1. The lowest BCUT2D eigenvalue weighted by molar-refractivity contribution is -0.128. The summed E-state index contributed by atoms with van der Waals surface area (Å²) in [5.41, 5.74) is 3.26. The van der Waals surface area contributed by atoms with Crippen LogP contribution in [-0.4, -0.2) is 27.0 Å². The maximum Gasteiger partial charge on any atom is 0.264 e. The van der Waals surface area contributed by atoms with E-state index in [1.54, 1.807) is 24.3 Å². The van der Waals surface area contributed by atoms with Gasteiger partial charge in [-0.2, -0.15) is 0 Å². The number of ether oxygens (including phenoxy) is 1. The first-order valence-electron chi connectivity index (χ1n) is 11.8. The largest absolute Gasteiger partial charge is 0.476 e. The standard InChI is InChI=1S/C29H25ClN2O4S/c1-20-9-5-6-12-24(20)28(21-10-3-2-4-11-21)31-29(33)27-19-32(25-13-7-8-14-26(25)36-27)37(34,35)23-17-15-22(30)16-18-23/h2-18,27-28H,19H2,1H3,(H,31,33)/t27-,28-/m0/s1. The van der Waals surface area contributed by atoms with Gasteiger partial charge in [-0.05, 0) is 60.0 Å². The Morgan fingerprint density at radius 2 is 1.57 bits per heavy atom. The number of hydrogen-bond donors (Lipinski definition) is 1. The number of amides is 1. The van der Waals surface area contributed by atoms with E-state index in [2.05, 4.69) is 5.32 Å². The number of nitrogens with one attached hydrogen (secondary N) is 1. The summed E-state index contributed by atoms with van der Waals surface area (Å²) in [5, 5.41) is 3.54. The molecule has 0 radical (unpaired) electrons. The van der Waals surface area contributed by atoms with Crippen LogP contribution in [0.5, 0.6) is 5.75 Å². The molecular formula is C29H25ClN2O4S. The molecule has 1 amide bonds. The van der Waals surface area contributed by atoms with Crippen molar-refractivity contribution in [2.24, 2.45) is 0 Å². The Hall–Kier alpha value is -3.81. The molecule has 4 aromatic carbocycles. The second kappa shape index (κ2) is 10.3. The zero-order valence-corrected chi connectivity index (χ0v) is 21.6. The van der Waals surface area contributed by atoms with Crippen molar-refractivity contribution in [3.8, 4) is 5.75 Å². The monoisotopic (exact) mass is 532 g/mol. The van der Waals surface area contributed by atoms with Crippen molar-refractivity contribution in [3.63, 3.8) is 0 Å². The van der Waals surface area contributed by atoms with E-state index >= 15 is 0 Å². The Bertz CT molecular complexity index is 1530. The molecule has 0 aliphatic carbocycles. The van der Waals surface area contributed by atoms with Crippen LogP contribution in [0.2, 0.25) is 5.02 Å². The van der Waals surface area contributed by atoms with Gasteiger partial charge in [-0.1, -0.05) is 78.3 Å². The lowest BCUT2D eigenvalue weighted by Crippen LogP contribution is -2.51. The normalized spacial score (nSPS) is 15.8. The minimum atomic E-state index is -3.98. The highest BCUT2D eigenvalue weighted by molar-refractivity contribution is 7.92. The zero-order chi connectivity index (χ0) is 26.0. The zero-order valence-electron chi connectivity index (χ0n) is 20.0. The van der Waals surface area contributed by atoms with Gasteiger partial charge in [0.25, 0.3) is 15.9 Å². The van der Waals surface area contributed by atoms with Gasteiger partial charge in [0.15, 0.2) is 6.10 Å². The molecule has 1 N–H and O–H groups in total. The molecule has 1 aliphatic rings. The Labute approximate surface area is 221 Å². The fourth-order valence-corrected chi connectivity index (χ4v) is 6.03. The van der Waals surface area contributed by atoms with Crippen LogP contribution in [0.3, 0.4) is 0 Å². The van der Waals surface area contributed by atoms with Crippen molar-refractivity contribution in [3.05, 3.63) is 125 Å². The average molecular weight is 533 g/mol. The SMILES string of the molecule is Cc1ccccc1[C@@H](NC(=O)[C@@H]1CN(S(=O)(=O)c2ccc(Cl)cc2)c2ccccc2O1)c1ccccc1. The summed E-state index contributed by atoms with van der Waals surface area (Å²) in [6, 6.07) is 29.8. The molecular weight excluding hydrogens is 508 g/mol. The number of halogens is 1. The summed E-state index contributed by atoms with van der Waals surface area (Å²) < 4.78 is 34.5. The molecule has 6 nitrogen and oxygen atoms in total. The number of para-hydroxylation sites is 2. The molecule has 2 atom stereocenters. The number of sulfonamides is 1. The molecule has 1 heterocycles. The summed E-state index contributed by atoms with van der Waals surface area (Å²) in [6.45, 7) is 1.81. The number of rotatable bonds is 6. The predicted octanol–water partition coefficient (Wildman–Crippen LogP) is 5.51. The third-order valence-electron chi connectivity index (χ3n) is 6.35. The first kappa shape index (κ1) is 24.9. The molecule has 0 fully saturated rings. The first-order chi connectivity index (χ1) is 17.8. The van der Waals surface area contributed by atoms with E-state index in [-0.39, 0.29) is 11.4 Å². The molecule has 0 unspecified atom stereocenters. The van der Waals surface area contributed by atoms with Crippen LogP contribution >= 0.6 is 11.6 Å². The van der Waals surface area contributed by atoms with Crippen LogP contribution in [0.4, 0.5) is 5.69 Å². The number of nitrogens with zero attached hydrogens (tertiary/aromatic N) is 1. The Balaban J connectivity index is 1.49. The lowest BCUT2D eigenvalue weighted by atomic mass is 9.94. The van der Waals surface area contributed by atoms with Gasteiger partial charge in [0.1, 0.15) is 5.75 Å². The summed E-state index contributed by atoms with van der Waals surface area (Å²) in [6.07, 6.45) is -1.06. The van der Waals surface area contributed by atoms with Gasteiger partial charge in [0.2, 0.25) is 0 Å². The van der Waals surface area contributed by atoms with E-state index in [0.717, 1.165) is 16.7 Å². The van der Waals surface area contributed by atoms with E-state index in [9.17, 15) is 13.2 Å². The number of carbonyl (C=O) groups is 1. The van der Waals surface area contributed by atoms with Crippen LogP contribution in [0, 0.1) is 6.92 Å². The van der Waals surface area contributed by atoms with Gasteiger partial charge >= 0.3 is 0 Å². The van der Waals surface area contributed by atoms with Crippen molar-refractivity contribution in [2.75, 3.05) is 10.8 Å². The highest BCUT2D eigenvalue weighted by atomic mass is 35.5. The van der Waals surface area contributed by atoms with Gasteiger partial charge < -0.3 is 10.1 Å². The van der Waals surface area contributed by atoms with Crippen LogP contribution in [-0.2, 0) is 14.8 Å². The summed E-state index contributed by atoms with van der Waals surface area (Å²) >= 11 is 5.97. The molecule has 8 heteroatoms. The molecule has 0 bridgehead atoms. The topological polar surface area (TPSA) is 75.7 Å². The van der Waals surface area contributed by atoms with E-state index in [1.807, 2.05) is 61.5 Å². The highest BCUT2D eigenvalue weighted by Crippen LogP contribution is 2.37. The maximum atomic E-state index is 13.7. The summed E-state index contributed by atoms with van der Waals surface area (Å²) in [4.78, 5) is 13.7. The first-order valence-corrected chi connectivity index (χ1v) is 13.6. The Kier molecular flexibility index (Phi) is 6.91. The number of hydrogen-bond acceptors (Lipinski definition) is 4. The van der Waals surface area contributed by atoms with Gasteiger partial charge in [-0.25, -0.2) is 8.42 Å². The van der Waals surface area contributed by atoms with Crippen molar-refractivity contribution < 1.29 is 17.9 Å². The molecule has 1 aliphatic heterocycles. The second-order valence-corrected chi connectivity index (χ2v) is 11.1. The summed E-state index contributed by atoms with van der Waals surface area (Å²) in [7, 11) is -3.98. The molecule has 37 heavy (non-hydrogen) atoms. The van der Waals surface area contributed by atoms with E-state index in [1.165, 1.54) is 28.6 Å². The molecule has 0 saturated carbocycles. The van der Waals surface area contributed by atoms with Gasteiger partial charge in [0, 0.05) is 5.02 Å². The van der Waals surface area contributed by atoms with E-state index < -0.39 is 28.1 Å². The van der Waals surface area contributed by atoms with Gasteiger partial charge in [-0.3, -0.25) is 9.10 Å². The lowest BCUT2D eigenvalue weighted by Gasteiger charge is -2.35. The Morgan fingerprint density at radius 1 is 0.919 bits per heavy atom. The van der Waals surface area contributed by atoms with Crippen molar-refractivity contribution in [1.29, 1.82) is 0 Å². The molecule has 4 aromatic rings. The number of fused-ring (bicyclic) bond motifs is 1. The highest BCUT2D eigenvalue weighted by Gasteiger charge is 2.38. The third kappa shape index (κ3) is 5.05. The van der Waals surface area contributed by atoms with Crippen LogP contribution < -0.4 is 14.4 Å². The smallest absolute Gasteiger partial charge is 0.264 e. The minimum absolute atomic E-state index is 0.0785. The van der Waals surface area contributed by atoms with Gasteiger partial charge in [0.05, 0.1) is 23.2 Å². The minimum Gasteiger partial charge on any atom is -0.476 e. The second-order valence-electron chi connectivity index (χ2n) is 8.77. The molecule has 0 spiro atoms. The maximum absolute atomic E-state index is 13.7. The quantitative estimate of drug-likeness (QED) is 0.355. The fraction of sp³-hybridized carbons (Fsp3) is 0.138. The number of carbonyl (C=O) groups excluding carboxylic acids is 1. The predicted molar refractivity (Wildman–Crippen MR) is 144 cm³/mol. The van der Waals surface area contributed by atoms with Crippen molar-refractivity contribution >= 4 is 33.2 Å². The molecule has 188 valence electrons. The number of benzene rings is 4. The van der Waals surface area contributed by atoms with Crippen molar-refractivity contribution in [2.45, 2.75) is 24.0 Å². The van der Waals surface area contributed by atoms with Crippen LogP contribution in [0.15, 0.2) is 108 Å². The van der Waals surface area contributed by atoms with Crippen molar-refractivity contribution in [1.82, 2.24) is 5.32 Å². The molecule has 5 rings (SSSR count). The Morgan fingerprint density at radius 3 is 2.30 bits per heavy atom. The van der Waals surface area contributed by atoms with E-state index in [0.29, 0.717) is 16.5 Å². The third-order valence-corrected chi connectivity index (χ3v) is 8.39. The average Bonchev–Trinajstić information content (AvgIpc) is 2.92. The molecule has 0 saturated heterocycles. The van der Waals surface area contributed by atoms with Crippen LogP contribution in [0.1, 0.15) is 22.7 Å². The number of aryl methyl sites for hydroxylation is 1. The van der Waals surface area contributed by atoms with Gasteiger partial charge in [-0.15, -0.1) is 0 Å². The van der Waals surface area contributed by atoms with E-state index in [4.69, 9.17) is 16.3 Å². The molecule has 0 aromatic heterocycles. The summed E-state index contributed by atoms with van der Waals surface area (Å²) in [5.74, 6) is -0.0958.